The lowest BCUT2D eigenvalue weighted by Gasteiger charge is -2.38. The van der Waals surface area contributed by atoms with Crippen LogP contribution >= 0.6 is 11.6 Å². The average Bonchev–Trinajstić information content (AvgIpc) is 2.47. The van der Waals surface area contributed by atoms with E-state index in [0.29, 0.717) is 12.5 Å². The molecular formula is C15H21ClN2O2. The molecule has 0 spiro atoms. The Morgan fingerprint density at radius 3 is 2.80 bits per heavy atom. The van der Waals surface area contributed by atoms with Gasteiger partial charge in [0.25, 0.3) is 0 Å². The summed E-state index contributed by atoms with van der Waals surface area (Å²) in [5.74, 6) is -0.154. The van der Waals surface area contributed by atoms with Gasteiger partial charge in [-0.2, -0.15) is 0 Å². The summed E-state index contributed by atoms with van der Waals surface area (Å²) >= 11 is 5.92. The first kappa shape index (κ1) is 15.3. The maximum atomic E-state index is 11.3. The maximum absolute atomic E-state index is 11.3. The Morgan fingerprint density at radius 2 is 2.15 bits per heavy atom. The predicted molar refractivity (Wildman–Crippen MR) is 79.9 cm³/mol. The molecule has 1 aromatic carbocycles. The SMILES string of the molecule is COC(=O)CCN1C[C@H](c2ccc(Cl)cc2)NC[C@H]1C. The third kappa shape index (κ3) is 3.95. The van der Waals surface area contributed by atoms with Gasteiger partial charge in [-0.05, 0) is 24.6 Å². The smallest absolute Gasteiger partial charge is 0.306 e. The van der Waals surface area contributed by atoms with Crippen LogP contribution in [0, 0.1) is 0 Å². The molecule has 0 bridgehead atoms. The zero-order valence-electron chi connectivity index (χ0n) is 11.9. The maximum Gasteiger partial charge on any atom is 0.306 e. The highest BCUT2D eigenvalue weighted by atomic mass is 35.5. The molecule has 1 aliphatic rings. The molecule has 2 rings (SSSR count). The standard InChI is InChI=1S/C15H21ClN2O2/c1-11-9-17-14(12-3-5-13(16)6-4-12)10-18(11)8-7-15(19)20-2/h3-6,11,14,17H,7-10H2,1-2H3/t11-,14-/m1/s1. The highest BCUT2D eigenvalue weighted by molar-refractivity contribution is 6.30. The van der Waals surface area contributed by atoms with Crippen molar-refractivity contribution >= 4 is 17.6 Å². The molecule has 20 heavy (non-hydrogen) atoms. The lowest BCUT2D eigenvalue weighted by atomic mass is 10.0. The van der Waals surface area contributed by atoms with Gasteiger partial charge in [-0.25, -0.2) is 0 Å². The molecule has 0 aliphatic carbocycles. The molecule has 1 aliphatic heterocycles. The first-order valence-electron chi connectivity index (χ1n) is 6.90. The Balaban J connectivity index is 1.96. The lowest BCUT2D eigenvalue weighted by molar-refractivity contribution is -0.141. The second kappa shape index (κ2) is 7.07. The monoisotopic (exact) mass is 296 g/mol. The average molecular weight is 297 g/mol. The fraction of sp³-hybridized carbons (Fsp3) is 0.533. The van der Waals surface area contributed by atoms with Crippen LogP contribution in [0.2, 0.25) is 5.02 Å². The number of nitrogens with one attached hydrogen (secondary N) is 1. The molecule has 0 aromatic heterocycles. The second-order valence-corrected chi connectivity index (χ2v) is 5.62. The summed E-state index contributed by atoms with van der Waals surface area (Å²) in [5.41, 5.74) is 1.23. The van der Waals surface area contributed by atoms with E-state index in [0.717, 1.165) is 24.7 Å². The van der Waals surface area contributed by atoms with Crippen LogP contribution in [0.1, 0.15) is 24.9 Å². The van der Waals surface area contributed by atoms with E-state index >= 15 is 0 Å². The van der Waals surface area contributed by atoms with Gasteiger partial charge in [-0.3, -0.25) is 9.69 Å². The molecule has 1 aromatic rings. The van der Waals surface area contributed by atoms with Crippen molar-refractivity contribution in [2.75, 3.05) is 26.7 Å². The molecule has 0 amide bonds. The molecule has 0 radical (unpaired) electrons. The number of benzene rings is 1. The first-order chi connectivity index (χ1) is 9.60. The highest BCUT2D eigenvalue weighted by Gasteiger charge is 2.26. The van der Waals surface area contributed by atoms with Crippen molar-refractivity contribution in [2.45, 2.75) is 25.4 Å². The lowest BCUT2D eigenvalue weighted by Crippen LogP contribution is -2.51. The minimum Gasteiger partial charge on any atom is -0.469 e. The van der Waals surface area contributed by atoms with Gasteiger partial charge >= 0.3 is 5.97 Å². The zero-order chi connectivity index (χ0) is 14.5. The van der Waals surface area contributed by atoms with Crippen molar-refractivity contribution in [1.82, 2.24) is 10.2 Å². The van der Waals surface area contributed by atoms with Crippen LogP contribution in [0.3, 0.4) is 0 Å². The minimum absolute atomic E-state index is 0.154. The van der Waals surface area contributed by atoms with Crippen LogP contribution in [-0.4, -0.2) is 43.7 Å². The topological polar surface area (TPSA) is 41.6 Å². The summed E-state index contributed by atoms with van der Waals surface area (Å²) < 4.78 is 4.71. The van der Waals surface area contributed by atoms with Gasteiger partial charge in [0.1, 0.15) is 0 Å². The van der Waals surface area contributed by atoms with Crippen LogP contribution in [0.5, 0.6) is 0 Å². The normalized spacial score (nSPS) is 23.6. The van der Waals surface area contributed by atoms with Gasteiger partial charge in [-0.1, -0.05) is 23.7 Å². The van der Waals surface area contributed by atoms with E-state index < -0.39 is 0 Å². The van der Waals surface area contributed by atoms with Crippen LogP contribution in [-0.2, 0) is 9.53 Å². The number of carbonyl (C=O) groups is 1. The molecule has 5 heteroatoms. The van der Waals surface area contributed by atoms with Crippen LogP contribution in [0.15, 0.2) is 24.3 Å². The number of hydrogen-bond acceptors (Lipinski definition) is 4. The van der Waals surface area contributed by atoms with Gasteiger partial charge in [0, 0.05) is 36.7 Å². The number of piperazine rings is 1. The molecule has 110 valence electrons. The molecule has 1 saturated heterocycles. The number of hydrogen-bond donors (Lipinski definition) is 1. The number of carbonyl (C=O) groups excluding carboxylic acids is 1. The fourth-order valence-corrected chi connectivity index (χ4v) is 2.61. The predicted octanol–water partition coefficient (Wildman–Crippen LogP) is 2.24. The number of methoxy groups -OCH3 is 1. The number of ether oxygens (including phenoxy) is 1. The summed E-state index contributed by atoms with van der Waals surface area (Å²) in [7, 11) is 1.43. The summed E-state index contributed by atoms with van der Waals surface area (Å²) in [6, 6.07) is 8.62. The van der Waals surface area contributed by atoms with Gasteiger partial charge in [0.15, 0.2) is 0 Å². The van der Waals surface area contributed by atoms with Crippen molar-refractivity contribution in [1.29, 1.82) is 0 Å². The largest absolute Gasteiger partial charge is 0.469 e. The molecule has 0 unspecified atom stereocenters. The van der Waals surface area contributed by atoms with Crippen molar-refractivity contribution in [3.63, 3.8) is 0 Å². The Bertz CT molecular complexity index is 450. The fourth-order valence-electron chi connectivity index (χ4n) is 2.49. The van der Waals surface area contributed by atoms with Crippen molar-refractivity contribution in [3.8, 4) is 0 Å². The van der Waals surface area contributed by atoms with E-state index in [1.54, 1.807) is 0 Å². The summed E-state index contributed by atoms with van der Waals surface area (Å²) in [6.45, 7) is 4.70. The molecule has 2 atom stereocenters. The van der Waals surface area contributed by atoms with Gasteiger partial charge < -0.3 is 10.1 Å². The van der Waals surface area contributed by atoms with E-state index in [-0.39, 0.29) is 12.0 Å². The summed E-state index contributed by atoms with van der Waals surface area (Å²) in [5, 5.41) is 4.29. The quantitative estimate of drug-likeness (QED) is 0.865. The number of rotatable bonds is 4. The molecule has 1 heterocycles. The number of esters is 1. The Kier molecular flexibility index (Phi) is 5.40. The zero-order valence-corrected chi connectivity index (χ0v) is 12.7. The first-order valence-corrected chi connectivity index (χ1v) is 7.27. The van der Waals surface area contributed by atoms with Gasteiger partial charge in [0.05, 0.1) is 13.5 Å². The van der Waals surface area contributed by atoms with Crippen molar-refractivity contribution < 1.29 is 9.53 Å². The Morgan fingerprint density at radius 1 is 1.45 bits per heavy atom. The summed E-state index contributed by atoms with van der Waals surface area (Å²) in [4.78, 5) is 13.6. The second-order valence-electron chi connectivity index (χ2n) is 5.18. The Hall–Kier alpha value is -1.10. The third-order valence-electron chi connectivity index (χ3n) is 3.80. The van der Waals surface area contributed by atoms with Crippen molar-refractivity contribution in [2.24, 2.45) is 0 Å². The van der Waals surface area contributed by atoms with E-state index in [2.05, 4.69) is 29.3 Å². The van der Waals surface area contributed by atoms with Gasteiger partial charge in [-0.15, -0.1) is 0 Å². The Labute approximate surface area is 125 Å². The van der Waals surface area contributed by atoms with E-state index in [1.807, 2.05) is 12.1 Å². The number of halogens is 1. The third-order valence-corrected chi connectivity index (χ3v) is 4.06. The molecule has 0 saturated carbocycles. The van der Waals surface area contributed by atoms with Crippen LogP contribution in [0.25, 0.3) is 0 Å². The molecule has 1 N–H and O–H groups in total. The van der Waals surface area contributed by atoms with Crippen molar-refractivity contribution in [3.05, 3.63) is 34.9 Å². The highest BCUT2D eigenvalue weighted by Crippen LogP contribution is 2.21. The summed E-state index contributed by atoms with van der Waals surface area (Å²) in [6.07, 6.45) is 0.439. The molecule has 4 nitrogen and oxygen atoms in total. The van der Waals surface area contributed by atoms with Crippen LogP contribution < -0.4 is 5.32 Å². The van der Waals surface area contributed by atoms with E-state index in [1.165, 1.54) is 12.7 Å². The van der Waals surface area contributed by atoms with E-state index in [9.17, 15) is 4.79 Å². The van der Waals surface area contributed by atoms with Crippen LogP contribution in [0.4, 0.5) is 0 Å². The molecule has 1 fully saturated rings. The number of nitrogens with zero attached hydrogens (tertiary/aromatic N) is 1. The minimum atomic E-state index is -0.154. The van der Waals surface area contributed by atoms with Gasteiger partial charge in [0.2, 0.25) is 0 Å². The van der Waals surface area contributed by atoms with E-state index in [4.69, 9.17) is 16.3 Å². The molecular weight excluding hydrogens is 276 g/mol.